The van der Waals surface area contributed by atoms with Crippen LogP contribution in [-0.2, 0) is 17.3 Å². The maximum absolute atomic E-state index is 12.8. The molecule has 0 N–H and O–H groups in total. The van der Waals surface area contributed by atoms with Crippen LogP contribution in [0.4, 0.5) is 13.2 Å². The van der Waals surface area contributed by atoms with Crippen molar-refractivity contribution >= 4 is 27.4 Å². The molecule has 0 bridgehead atoms. The van der Waals surface area contributed by atoms with E-state index in [-0.39, 0.29) is 5.92 Å². The summed E-state index contributed by atoms with van der Waals surface area (Å²) in [6.07, 6.45) is -3.77. The minimum absolute atomic E-state index is 0.286. The number of thiophene rings is 1. The van der Waals surface area contributed by atoms with E-state index in [4.69, 9.17) is 4.74 Å². The molecule has 0 atom stereocenters. The Morgan fingerprint density at radius 1 is 1.33 bits per heavy atom. The van der Waals surface area contributed by atoms with Gasteiger partial charge in [0.05, 0.1) is 12.7 Å². The van der Waals surface area contributed by atoms with Crippen LogP contribution in [0, 0.1) is 5.92 Å². The number of alkyl halides is 3. The van der Waals surface area contributed by atoms with E-state index in [9.17, 15) is 18.0 Å². The standard InChI is InChI=1S/C15H15F3O2S/c1-8(2)6-11-10-5-4-9(15(16,17)18)7-12(10)21-13(11)14(19)20-3/h4-5,7-8H,6H2,1-3H3. The highest BCUT2D eigenvalue weighted by molar-refractivity contribution is 7.21. The molecule has 0 aliphatic carbocycles. The van der Waals surface area contributed by atoms with Crippen LogP contribution in [0.1, 0.15) is 34.6 Å². The van der Waals surface area contributed by atoms with Gasteiger partial charge in [-0.2, -0.15) is 13.2 Å². The third-order valence-electron chi connectivity index (χ3n) is 3.10. The maximum atomic E-state index is 12.8. The van der Waals surface area contributed by atoms with Crippen LogP contribution in [-0.4, -0.2) is 13.1 Å². The van der Waals surface area contributed by atoms with E-state index in [1.165, 1.54) is 13.2 Å². The molecule has 0 amide bonds. The summed E-state index contributed by atoms with van der Waals surface area (Å²) in [5.74, 6) is -0.214. The normalized spacial score (nSPS) is 12.1. The van der Waals surface area contributed by atoms with Crippen molar-refractivity contribution in [3.05, 3.63) is 34.2 Å². The Hall–Kier alpha value is -1.56. The van der Waals surface area contributed by atoms with Gasteiger partial charge in [-0.05, 0) is 35.4 Å². The van der Waals surface area contributed by atoms with Crippen molar-refractivity contribution in [3.8, 4) is 0 Å². The molecule has 0 saturated heterocycles. The number of carbonyl (C=O) groups is 1. The first kappa shape index (κ1) is 15.8. The van der Waals surface area contributed by atoms with Crippen LogP contribution >= 0.6 is 11.3 Å². The molecule has 0 spiro atoms. The summed E-state index contributed by atoms with van der Waals surface area (Å²) >= 11 is 1.05. The van der Waals surface area contributed by atoms with E-state index in [2.05, 4.69) is 0 Å². The van der Waals surface area contributed by atoms with Gasteiger partial charge in [0.2, 0.25) is 0 Å². The van der Waals surface area contributed by atoms with Gasteiger partial charge in [-0.3, -0.25) is 0 Å². The van der Waals surface area contributed by atoms with Gasteiger partial charge in [0.1, 0.15) is 4.88 Å². The molecule has 0 aliphatic rings. The molecule has 1 aromatic heterocycles. The second kappa shape index (κ2) is 5.67. The molecule has 0 fully saturated rings. The lowest BCUT2D eigenvalue weighted by Crippen LogP contribution is -2.05. The average molecular weight is 316 g/mol. The zero-order chi connectivity index (χ0) is 15.8. The van der Waals surface area contributed by atoms with Crippen molar-refractivity contribution in [2.75, 3.05) is 7.11 Å². The van der Waals surface area contributed by atoms with Crippen LogP contribution in [0.25, 0.3) is 10.1 Å². The molecule has 2 aromatic rings. The number of rotatable bonds is 3. The van der Waals surface area contributed by atoms with Gasteiger partial charge in [-0.15, -0.1) is 11.3 Å². The zero-order valence-corrected chi connectivity index (χ0v) is 12.7. The smallest absolute Gasteiger partial charge is 0.416 e. The topological polar surface area (TPSA) is 26.3 Å². The lowest BCUT2D eigenvalue weighted by Gasteiger charge is -2.08. The predicted molar refractivity (Wildman–Crippen MR) is 76.7 cm³/mol. The summed E-state index contributed by atoms with van der Waals surface area (Å²) in [5, 5.41) is 0.696. The van der Waals surface area contributed by atoms with Gasteiger partial charge in [0, 0.05) is 4.70 Å². The van der Waals surface area contributed by atoms with Crippen molar-refractivity contribution in [2.45, 2.75) is 26.4 Å². The van der Waals surface area contributed by atoms with Crippen molar-refractivity contribution in [1.82, 2.24) is 0 Å². The SMILES string of the molecule is COC(=O)c1sc2cc(C(F)(F)F)ccc2c1CC(C)C. The monoisotopic (exact) mass is 316 g/mol. The van der Waals surface area contributed by atoms with Gasteiger partial charge in [0.25, 0.3) is 0 Å². The Bertz CT molecular complexity index is 671. The van der Waals surface area contributed by atoms with Gasteiger partial charge in [-0.25, -0.2) is 4.79 Å². The highest BCUT2D eigenvalue weighted by Gasteiger charge is 2.31. The molecular formula is C15H15F3O2S. The summed E-state index contributed by atoms with van der Waals surface area (Å²) in [5.41, 5.74) is 0.0642. The summed E-state index contributed by atoms with van der Waals surface area (Å²) in [6.45, 7) is 3.99. The Morgan fingerprint density at radius 3 is 2.52 bits per heavy atom. The predicted octanol–water partition coefficient (Wildman–Crippen LogP) is 4.91. The fourth-order valence-electron chi connectivity index (χ4n) is 2.19. The average Bonchev–Trinajstić information content (AvgIpc) is 2.74. The summed E-state index contributed by atoms with van der Waals surface area (Å²) < 4.78 is 43.5. The number of fused-ring (bicyclic) bond motifs is 1. The molecule has 1 heterocycles. The first-order valence-electron chi connectivity index (χ1n) is 6.45. The highest BCUT2D eigenvalue weighted by atomic mass is 32.1. The number of esters is 1. The summed E-state index contributed by atoms with van der Waals surface area (Å²) in [4.78, 5) is 12.2. The van der Waals surface area contributed by atoms with E-state index in [1.54, 1.807) is 0 Å². The van der Waals surface area contributed by atoms with Gasteiger partial charge in [-0.1, -0.05) is 19.9 Å². The quantitative estimate of drug-likeness (QED) is 0.752. The third-order valence-corrected chi connectivity index (χ3v) is 4.28. The fourth-order valence-corrected chi connectivity index (χ4v) is 3.38. The van der Waals surface area contributed by atoms with Crippen LogP contribution in [0.2, 0.25) is 0 Å². The molecule has 2 nitrogen and oxygen atoms in total. The van der Waals surface area contributed by atoms with Gasteiger partial charge in [0.15, 0.2) is 0 Å². The van der Waals surface area contributed by atoms with Crippen LogP contribution in [0.3, 0.4) is 0 Å². The summed E-state index contributed by atoms with van der Waals surface area (Å²) in [6, 6.07) is 3.59. The number of hydrogen-bond acceptors (Lipinski definition) is 3. The van der Waals surface area contributed by atoms with Crippen LogP contribution in [0.5, 0.6) is 0 Å². The molecule has 0 saturated carbocycles. The molecular weight excluding hydrogens is 301 g/mol. The van der Waals surface area contributed by atoms with E-state index < -0.39 is 17.7 Å². The number of hydrogen-bond donors (Lipinski definition) is 0. The van der Waals surface area contributed by atoms with Crippen LogP contribution in [0.15, 0.2) is 18.2 Å². The molecule has 114 valence electrons. The number of ether oxygens (including phenoxy) is 1. The number of carbonyl (C=O) groups excluding carboxylic acids is 1. The molecule has 0 radical (unpaired) electrons. The molecule has 2 rings (SSSR count). The minimum Gasteiger partial charge on any atom is -0.465 e. The van der Waals surface area contributed by atoms with E-state index >= 15 is 0 Å². The van der Waals surface area contributed by atoms with Gasteiger partial charge < -0.3 is 4.74 Å². The first-order chi connectivity index (χ1) is 9.74. The Labute approximate surface area is 124 Å². The van der Waals surface area contributed by atoms with E-state index in [0.717, 1.165) is 29.0 Å². The maximum Gasteiger partial charge on any atom is 0.416 e. The molecule has 6 heteroatoms. The fraction of sp³-hybridized carbons (Fsp3) is 0.400. The zero-order valence-electron chi connectivity index (χ0n) is 11.9. The number of methoxy groups -OCH3 is 1. The number of halogens is 3. The highest BCUT2D eigenvalue weighted by Crippen LogP contribution is 2.38. The van der Waals surface area contributed by atoms with Crippen molar-refractivity contribution in [2.24, 2.45) is 5.92 Å². The Kier molecular flexibility index (Phi) is 4.27. The van der Waals surface area contributed by atoms with E-state index in [1.807, 2.05) is 13.8 Å². The Balaban J connectivity index is 2.64. The first-order valence-corrected chi connectivity index (χ1v) is 7.26. The largest absolute Gasteiger partial charge is 0.465 e. The molecule has 0 aliphatic heterocycles. The minimum atomic E-state index is -4.39. The lowest BCUT2D eigenvalue weighted by atomic mass is 9.99. The van der Waals surface area contributed by atoms with Gasteiger partial charge >= 0.3 is 12.1 Å². The van der Waals surface area contributed by atoms with Crippen molar-refractivity contribution in [1.29, 1.82) is 0 Å². The third kappa shape index (κ3) is 3.20. The van der Waals surface area contributed by atoms with Crippen molar-refractivity contribution < 1.29 is 22.7 Å². The second-order valence-corrected chi connectivity index (χ2v) is 6.26. The lowest BCUT2D eigenvalue weighted by molar-refractivity contribution is -0.137. The molecule has 0 unspecified atom stereocenters. The summed E-state index contributed by atoms with van der Waals surface area (Å²) in [7, 11) is 1.27. The Morgan fingerprint density at radius 2 is 2.00 bits per heavy atom. The van der Waals surface area contributed by atoms with Crippen molar-refractivity contribution in [3.63, 3.8) is 0 Å². The number of benzene rings is 1. The second-order valence-electron chi connectivity index (χ2n) is 5.21. The molecule has 21 heavy (non-hydrogen) atoms. The molecule has 1 aromatic carbocycles. The van der Waals surface area contributed by atoms with E-state index in [0.29, 0.717) is 21.4 Å². The van der Waals surface area contributed by atoms with Crippen LogP contribution < -0.4 is 0 Å².